The van der Waals surface area contributed by atoms with E-state index in [1.54, 1.807) is 0 Å². The SMILES string of the molecule is CC(C)N=C(C(=O)c1ccccc1)c1ccccc1. The average Bonchev–Trinajstić information content (AvgIpc) is 2.46. The maximum absolute atomic E-state index is 12.6. The van der Waals surface area contributed by atoms with Crippen LogP contribution in [0.4, 0.5) is 0 Å². The highest BCUT2D eigenvalue weighted by molar-refractivity contribution is 6.51. The standard InChI is InChI=1S/C17H17NO/c1-13(2)18-16(14-9-5-3-6-10-14)17(19)15-11-7-4-8-12-15/h3-13H,1-2H3. The number of carbonyl (C=O) groups is 1. The molecular formula is C17H17NO. The van der Waals surface area contributed by atoms with Gasteiger partial charge in [0.05, 0.1) is 0 Å². The van der Waals surface area contributed by atoms with Crippen molar-refractivity contribution in [3.05, 3.63) is 71.8 Å². The molecule has 0 bridgehead atoms. The fraction of sp³-hybridized carbons (Fsp3) is 0.176. The molecule has 0 saturated heterocycles. The summed E-state index contributed by atoms with van der Waals surface area (Å²) >= 11 is 0. The van der Waals surface area contributed by atoms with Gasteiger partial charge < -0.3 is 0 Å². The maximum Gasteiger partial charge on any atom is 0.211 e. The summed E-state index contributed by atoms with van der Waals surface area (Å²) in [6, 6.07) is 19.0. The van der Waals surface area contributed by atoms with E-state index in [1.807, 2.05) is 74.5 Å². The Labute approximate surface area is 113 Å². The molecule has 0 saturated carbocycles. The third-order valence-corrected chi connectivity index (χ3v) is 2.69. The minimum absolute atomic E-state index is 0.0273. The number of aliphatic imine (C=N–C) groups is 1. The normalized spacial score (nSPS) is 11.6. The fourth-order valence-corrected chi connectivity index (χ4v) is 1.84. The molecule has 0 spiro atoms. The first kappa shape index (κ1) is 13.2. The zero-order chi connectivity index (χ0) is 13.7. The van der Waals surface area contributed by atoms with Crippen LogP contribution in [0.25, 0.3) is 0 Å². The predicted molar refractivity (Wildman–Crippen MR) is 78.9 cm³/mol. The van der Waals surface area contributed by atoms with Gasteiger partial charge in [-0.3, -0.25) is 9.79 Å². The number of hydrogen-bond donors (Lipinski definition) is 0. The average molecular weight is 251 g/mol. The van der Waals surface area contributed by atoms with Crippen LogP contribution in [0.5, 0.6) is 0 Å². The van der Waals surface area contributed by atoms with E-state index in [2.05, 4.69) is 4.99 Å². The summed E-state index contributed by atoms with van der Waals surface area (Å²) in [4.78, 5) is 17.0. The second kappa shape index (κ2) is 6.10. The van der Waals surface area contributed by atoms with E-state index >= 15 is 0 Å². The lowest BCUT2D eigenvalue weighted by atomic mass is 10.0. The minimum Gasteiger partial charge on any atom is -0.287 e. The van der Waals surface area contributed by atoms with Gasteiger partial charge in [0.2, 0.25) is 5.78 Å². The maximum atomic E-state index is 12.6. The highest BCUT2D eigenvalue weighted by Crippen LogP contribution is 2.10. The lowest BCUT2D eigenvalue weighted by Crippen LogP contribution is -2.17. The highest BCUT2D eigenvalue weighted by Gasteiger charge is 2.15. The first-order valence-electron chi connectivity index (χ1n) is 6.41. The summed E-state index contributed by atoms with van der Waals surface area (Å²) in [5.41, 5.74) is 2.07. The largest absolute Gasteiger partial charge is 0.287 e. The Morgan fingerprint density at radius 3 is 1.79 bits per heavy atom. The smallest absolute Gasteiger partial charge is 0.211 e. The summed E-state index contributed by atoms with van der Waals surface area (Å²) in [5.74, 6) is -0.0273. The van der Waals surface area contributed by atoms with Gasteiger partial charge in [-0.15, -0.1) is 0 Å². The Morgan fingerprint density at radius 1 is 0.842 bits per heavy atom. The minimum atomic E-state index is -0.0273. The summed E-state index contributed by atoms with van der Waals surface area (Å²) in [6.07, 6.45) is 0. The van der Waals surface area contributed by atoms with Gasteiger partial charge in [0.15, 0.2) is 0 Å². The molecule has 2 nitrogen and oxygen atoms in total. The fourth-order valence-electron chi connectivity index (χ4n) is 1.84. The second-order valence-electron chi connectivity index (χ2n) is 4.63. The Morgan fingerprint density at radius 2 is 1.32 bits per heavy atom. The van der Waals surface area contributed by atoms with Crippen LogP contribution in [-0.4, -0.2) is 17.5 Å². The number of benzene rings is 2. The number of rotatable bonds is 4. The van der Waals surface area contributed by atoms with Gasteiger partial charge >= 0.3 is 0 Å². The molecular weight excluding hydrogens is 234 g/mol. The van der Waals surface area contributed by atoms with Gasteiger partial charge in [-0.2, -0.15) is 0 Å². The zero-order valence-electron chi connectivity index (χ0n) is 11.2. The Kier molecular flexibility index (Phi) is 4.24. The van der Waals surface area contributed by atoms with E-state index in [1.165, 1.54) is 0 Å². The molecule has 0 fully saturated rings. The molecule has 0 N–H and O–H groups in total. The third-order valence-electron chi connectivity index (χ3n) is 2.69. The molecule has 0 heterocycles. The summed E-state index contributed by atoms with van der Waals surface area (Å²) < 4.78 is 0. The van der Waals surface area contributed by atoms with E-state index in [9.17, 15) is 4.79 Å². The molecule has 2 aromatic rings. The Bertz CT molecular complexity index is 571. The van der Waals surface area contributed by atoms with Crippen molar-refractivity contribution in [1.82, 2.24) is 0 Å². The van der Waals surface area contributed by atoms with Crippen molar-refractivity contribution in [3.63, 3.8) is 0 Å². The van der Waals surface area contributed by atoms with Gasteiger partial charge in [0.25, 0.3) is 0 Å². The molecule has 0 aliphatic heterocycles. The van der Waals surface area contributed by atoms with E-state index in [-0.39, 0.29) is 11.8 Å². The van der Waals surface area contributed by atoms with Crippen LogP contribution >= 0.6 is 0 Å². The van der Waals surface area contributed by atoms with E-state index in [0.29, 0.717) is 11.3 Å². The van der Waals surface area contributed by atoms with Gasteiger partial charge in [-0.25, -0.2) is 0 Å². The summed E-state index contributed by atoms with van der Waals surface area (Å²) in [7, 11) is 0. The van der Waals surface area contributed by atoms with Crippen molar-refractivity contribution in [2.24, 2.45) is 4.99 Å². The van der Waals surface area contributed by atoms with Crippen molar-refractivity contribution in [3.8, 4) is 0 Å². The number of ketones is 1. The van der Waals surface area contributed by atoms with Crippen LogP contribution in [0.2, 0.25) is 0 Å². The van der Waals surface area contributed by atoms with E-state index in [4.69, 9.17) is 0 Å². The first-order chi connectivity index (χ1) is 9.18. The molecule has 0 atom stereocenters. The Balaban J connectivity index is 2.43. The molecule has 0 aliphatic rings. The molecule has 0 unspecified atom stereocenters. The number of nitrogens with zero attached hydrogens (tertiary/aromatic N) is 1. The van der Waals surface area contributed by atoms with Crippen molar-refractivity contribution >= 4 is 11.5 Å². The van der Waals surface area contributed by atoms with Crippen LogP contribution in [0.3, 0.4) is 0 Å². The molecule has 2 rings (SSSR count). The van der Waals surface area contributed by atoms with E-state index < -0.39 is 0 Å². The van der Waals surface area contributed by atoms with Crippen LogP contribution in [0, 0.1) is 0 Å². The van der Waals surface area contributed by atoms with Crippen molar-refractivity contribution in [1.29, 1.82) is 0 Å². The molecule has 96 valence electrons. The van der Waals surface area contributed by atoms with Crippen molar-refractivity contribution < 1.29 is 4.79 Å². The monoisotopic (exact) mass is 251 g/mol. The van der Waals surface area contributed by atoms with Crippen LogP contribution in [0.1, 0.15) is 29.8 Å². The molecule has 0 aromatic heterocycles. The Hall–Kier alpha value is -2.22. The van der Waals surface area contributed by atoms with Crippen LogP contribution in [-0.2, 0) is 0 Å². The molecule has 0 radical (unpaired) electrons. The molecule has 0 aliphatic carbocycles. The number of Topliss-reactive ketones (excluding diaryl/α,β-unsaturated/α-hetero) is 1. The molecule has 0 amide bonds. The quantitative estimate of drug-likeness (QED) is 0.601. The second-order valence-corrected chi connectivity index (χ2v) is 4.63. The molecule has 19 heavy (non-hydrogen) atoms. The lowest BCUT2D eigenvalue weighted by Gasteiger charge is -2.08. The van der Waals surface area contributed by atoms with Gasteiger partial charge in [-0.1, -0.05) is 60.7 Å². The van der Waals surface area contributed by atoms with Crippen LogP contribution < -0.4 is 0 Å². The van der Waals surface area contributed by atoms with Crippen LogP contribution in [0.15, 0.2) is 65.7 Å². The highest BCUT2D eigenvalue weighted by atomic mass is 16.1. The predicted octanol–water partition coefficient (Wildman–Crippen LogP) is 3.77. The summed E-state index contributed by atoms with van der Waals surface area (Å²) in [5, 5.41) is 0. The van der Waals surface area contributed by atoms with Gasteiger partial charge in [0, 0.05) is 17.2 Å². The lowest BCUT2D eigenvalue weighted by molar-refractivity contribution is 0.106. The number of hydrogen-bond acceptors (Lipinski definition) is 2. The topological polar surface area (TPSA) is 29.4 Å². The molecule has 2 aromatic carbocycles. The van der Waals surface area contributed by atoms with E-state index in [0.717, 1.165) is 5.56 Å². The van der Waals surface area contributed by atoms with Crippen molar-refractivity contribution in [2.75, 3.05) is 0 Å². The molecule has 2 heteroatoms. The number of carbonyl (C=O) groups excluding carboxylic acids is 1. The van der Waals surface area contributed by atoms with Crippen molar-refractivity contribution in [2.45, 2.75) is 19.9 Å². The summed E-state index contributed by atoms with van der Waals surface area (Å²) in [6.45, 7) is 3.95. The zero-order valence-corrected chi connectivity index (χ0v) is 11.2. The van der Waals surface area contributed by atoms with Gasteiger partial charge in [-0.05, 0) is 13.8 Å². The first-order valence-corrected chi connectivity index (χ1v) is 6.41. The van der Waals surface area contributed by atoms with Gasteiger partial charge in [0.1, 0.15) is 5.71 Å². The third kappa shape index (κ3) is 3.38.